The highest BCUT2D eigenvalue weighted by atomic mass is 79.9. The number of ether oxygens (including phenoxy) is 1. The fraction of sp³-hybridized carbons (Fsp3) is 0.400. The van der Waals surface area contributed by atoms with Crippen LogP contribution in [0.25, 0.3) is 0 Å². The minimum atomic E-state index is -0.449. The SMILES string of the molecule is COc1ccc(CN2OCC3CC(O)CC32c2ccc(F)c(Br)c2)cc1. The van der Waals surface area contributed by atoms with Gasteiger partial charge in [0.05, 0.1) is 36.4 Å². The van der Waals surface area contributed by atoms with Crippen molar-refractivity contribution in [3.8, 4) is 5.75 Å². The van der Waals surface area contributed by atoms with Gasteiger partial charge in [-0.3, -0.25) is 4.84 Å². The third-order valence-electron chi connectivity index (χ3n) is 5.56. The van der Waals surface area contributed by atoms with Crippen LogP contribution < -0.4 is 4.74 Å². The first kappa shape index (κ1) is 17.9. The van der Waals surface area contributed by atoms with Gasteiger partial charge in [-0.1, -0.05) is 18.2 Å². The fourth-order valence-electron chi connectivity index (χ4n) is 4.29. The van der Waals surface area contributed by atoms with Crippen molar-refractivity contribution >= 4 is 15.9 Å². The van der Waals surface area contributed by atoms with Gasteiger partial charge in [0.2, 0.25) is 0 Å². The van der Waals surface area contributed by atoms with Crippen LogP contribution in [0, 0.1) is 11.7 Å². The number of hydrogen-bond donors (Lipinski definition) is 1. The van der Waals surface area contributed by atoms with E-state index in [-0.39, 0.29) is 17.8 Å². The summed E-state index contributed by atoms with van der Waals surface area (Å²) in [6.45, 7) is 1.14. The molecule has 3 unspecified atom stereocenters. The lowest BCUT2D eigenvalue weighted by atomic mass is 9.81. The zero-order chi connectivity index (χ0) is 18.3. The van der Waals surface area contributed by atoms with E-state index in [0.717, 1.165) is 16.9 Å². The molecule has 1 heterocycles. The number of benzene rings is 2. The molecular formula is C20H21BrFNO3. The molecule has 0 amide bonds. The van der Waals surface area contributed by atoms with Gasteiger partial charge in [-0.2, -0.15) is 5.06 Å². The molecule has 2 aromatic rings. The number of hydroxylamine groups is 2. The van der Waals surface area contributed by atoms with E-state index in [1.165, 1.54) is 6.07 Å². The summed E-state index contributed by atoms with van der Waals surface area (Å²) in [6, 6.07) is 13.0. The molecule has 0 spiro atoms. The lowest BCUT2D eigenvalue weighted by Gasteiger charge is -2.37. The number of rotatable bonds is 4. The Morgan fingerprint density at radius 2 is 2.08 bits per heavy atom. The predicted octanol–water partition coefficient (Wildman–Crippen LogP) is 4.01. The number of halogens is 2. The van der Waals surface area contributed by atoms with Crippen molar-refractivity contribution in [2.75, 3.05) is 13.7 Å². The molecule has 0 radical (unpaired) electrons. The van der Waals surface area contributed by atoms with E-state index in [9.17, 15) is 9.50 Å². The van der Waals surface area contributed by atoms with Crippen molar-refractivity contribution in [2.45, 2.75) is 31.0 Å². The summed E-state index contributed by atoms with van der Waals surface area (Å²) in [6.07, 6.45) is 0.881. The summed E-state index contributed by atoms with van der Waals surface area (Å²) in [5.41, 5.74) is 1.61. The van der Waals surface area contributed by atoms with Gasteiger partial charge >= 0.3 is 0 Å². The first-order valence-electron chi connectivity index (χ1n) is 8.70. The quantitative estimate of drug-likeness (QED) is 0.809. The molecule has 1 aliphatic heterocycles. The minimum Gasteiger partial charge on any atom is -0.497 e. The zero-order valence-corrected chi connectivity index (χ0v) is 16.1. The molecule has 3 atom stereocenters. The molecule has 0 aromatic heterocycles. The van der Waals surface area contributed by atoms with Crippen molar-refractivity contribution in [3.05, 3.63) is 63.9 Å². The van der Waals surface area contributed by atoms with Crippen molar-refractivity contribution in [1.82, 2.24) is 5.06 Å². The highest BCUT2D eigenvalue weighted by molar-refractivity contribution is 9.10. The average molecular weight is 422 g/mol. The number of hydrogen-bond acceptors (Lipinski definition) is 4. The Labute approximate surface area is 160 Å². The Bertz CT molecular complexity index is 800. The third-order valence-corrected chi connectivity index (χ3v) is 6.17. The van der Waals surface area contributed by atoms with Crippen molar-refractivity contribution in [1.29, 1.82) is 0 Å². The van der Waals surface area contributed by atoms with E-state index in [2.05, 4.69) is 15.9 Å². The van der Waals surface area contributed by atoms with Crippen molar-refractivity contribution in [3.63, 3.8) is 0 Å². The van der Waals surface area contributed by atoms with Gasteiger partial charge in [-0.25, -0.2) is 4.39 Å². The van der Waals surface area contributed by atoms with Crippen LogP contribution >= 0.6 is 15.9 Å². The first-order valence-corrected chi connectivity index (χ1v) is 9.49. The van der Waals surface area contributed by atoms with Crippen LogP contribution in [0.1, 0.15) is 24.0 Å². The molecule has 1 saturated heterocycles. The van der Waals surface area contributed by atoms with Gasteiger partial charge in [-0.05, 0) is 64.2 Å². The topological polar surface area (TPSA) is 41.9 Å². The molecule has 0 bridgehead atoms. The van der Waals surface area contributed by atoms with E-state index >= 15 is 0 Å². The van der Waals surface area contributed by atoms with E-state index in [1.807, 2.05) is 35.4 Å². The first-order chi connectivity index (χ1) is 12.5. The Morgan fingerprint density at radius 1 is 1.31 bits per heavy atom. The Hall–Kier alpha value is -1.47. The van der Waals surface area contributed by atoms with Gasteiger partial charge in [0.1, 0.15) is 11.6 Å². The molecule has 138 valence electrons. The molecule has 1 saturated carbocycles. The van der Waals surface area contributed by atoms with Crippen LogP contribution in [0.15, 0.2) is 46.9 Å². The average Bonchev–Trinajstić information content (AvgIpc) is 3.14. The molecule has 1 N–H and O–H groups in total. The third kappa shape index (κ3) is 2.95. The molecule has 2 fully saturated rings. The second-order valence-corrected chi connectivity index (χ2v) is 7.88. The van der Waals surface area contributed by atoms with E-state index in [4.69, 9.17) is 9.57 Å². The smallest absolute Gasteiger partial charge is 0.137 e. The van der Waals surface area contributed by atoms with Crippen LogP contribution in [0.3, 0.4) is 0 Å². The normalized spacial score (nSPS) is 28.3. The highest BCUT2D eigenvalue weighted by Crippen LogP contribution is 2.53. The second kappa shape index (κ2) is 6.93. The highest BCUT2D eigenvalue weighted by Gasteiger charge is 2.57. The summed E-state index contributed by atoms with van der Waals surface area (Å²) in [4.78, 5) is 6.04. The van der Waals surface area contributed by atoms with Gasteiger partial charge in [0, 0.05) is 5.92 Å². The number of nitrogens with zero attached hydrogens (tertiary/aromatic N) is 1. The van der Waals surface area contributed by atoms with E-state index in [0.29, 0.717) is 30.5 Å². The molecule has 2 aliphatic rings. The van der Waals surface area contributed by atoms with Gasteiger partial charge in [0.25, 0.3) is 0 Å². The van der Waals surface area contributed by atoms with Gasteiger partial charge in [0.15, 0.2) is 0 Å². The molecule has 2 aromatic carbocycles. The van der Waals surface area contributed by atoms with Crippen LogP contribution in [-0.2, 0) is 16.9 Å². The van der Waals surface area contributed by atoms with Crippen molar-refractivity contribution < 1.29 is 19.1 Å². The molecule has 4 nitrogen and oxygen atoms in total. The number of aliphatic hydroxyl groups excluding tert-OH is 1. The Morgan fingerprint density at radius 3 is 2.77 bits per heavy atom. The lowest BCUT2D eigenvalue weighted by molar-refractivity contribution is -0.180. The Balaban J connectivity index is 1.69. The monoisotopic (exact) mass is 421 g/mol. The predicted molar refractivity (Wildman–Crippen MR) is 99.0 cm³/mol. The summed E-state index contributed by atoms with van der Waals surface area (Å²) in [5.74, 6) is 0.691. The zero-order valence-electron chi connectivity index (χ0n) is 14.5. The molecule has 1 aliphatic carbocycles. The number of fused-ring (bicyclic) bond motifs is 1. The summed E-state index contributed by atoms with van der Waals surface area (Å²) < 4.78 is 19.4. The lowest BCUT2D eigenvalue weighted by Crippen LogP contribution is -2.42. The second-order valence-electron chi connectivity index (χ2n) is 7.02. The summed E-state index contributed by atoms with van der Waals surface area (Å²) >= 11 is 3.29. The molecule has 4 rings (SSSR count). The van der Waals surface area contributed by atoms with Gasteiger partial charge < -0.3 is 9.84 Å². The summed E-state index contributed by atoms with van der Waals surface area (Å²) in [5, 5.41) is 12.3. The van der Waals surface area contributed by atoms with Crippen LogP contribution in [0.2, 0.25) is 0 Å². The summed E-state index contributed by atoms with van der Waals surface area (Å²) in [7, 11) is 1.64. The van der Waals surface area contributed by atoms with E-state index < -0.39 is 5.54 Å². The number of aliphatic hydroxyl groups is 1. The van der Waals surface area contributed by atoms with Crippen LogP contribution in [0.4, 0.5) is 4.39 Å². The standard InChI is InChI=1S/C20H21BrFNO3/c1-25-17-5-2-13(3-6-17)11-23-20(10-16(24)8-15(20)12-26-23)14-4-7-19(22)18(21)9-14/h2-7,9,15-16,24H,8,10-12H2,1H3. The maximum atomic E-state index is 13.8. The van der Waals surface area contributed by atoms with Gasteiger partial charge in [-0.15, -0.1) is 0 Å². The van der Waals surface area contributed by atoms with Crippen LogP contribution in [0.5, 0.6) is 5.75 Å². The fourth-order valence-corrected chi connectivity index (χ4v) is 4.66. The maximum Gasteiger partial charge on any atom is 0.137 e. The molecule has 26 heavy (non-hydrogen) atoms. The molecule has 6 heteroatoms. The van der Waals surface area contributed by atoms with Crippen LogP contribution in [-0.4, -0.2) is 30.0 Å². The Kier molecular flexibility index (Phi) is 4.77. The minimum absolute atomic E-state index is 0.174. The van der Waals surface area contributed by atoms with Crippen molar-refractivity contribution in [2.24, 2.45) is 5.92 Å². The van der Waals surface area contributed by atoms with E-state index in [1.54, 1.807) is 13.2 Å². The number of methoxy groups -OCH3 is 1. The maximum absolute atomic E-state index is 13.8. The molecular weight excluding hydrogens is 401 g/mol. The largest absolute Gasteiger partial charge is 0.497 e.